The molecule has 0 saturated carbocycles. The van der Waals surface area contributed by atoms with E-state index in [4.69, 9.17) is 5.73 Å². The minimum absolute atomic E-state index is 0.0390. The number of carbonyl (C=O) groups is 1. The Kier molecular flexibility index (Phi) is 5.20. The molecule has 0 bridgehead atoms. The van der Waals surface area contributed by atoms with Crippen molar-refractivity contribution in [3.63, 3.8) is 0 Å². The second-order valence-electron chi connectivity index (χ2n) is 7.06. The second kappa shape index (κ2) is 7.25. The third-order valence-corrected chi connectivity index (χ3v) is 6.65. The molecule has 1 fully saturated rings. The molecule has 2 atom stereocenters. The number of carbonyl (C=O) groups excluding carboxylic acids is 1. The fourth-order valence-electron chi connectivity index (χ4n) is 3.29. The summed E-state index contributed by atoms with van der Waals surface area (Å²) < 4.78 is 26.5. The standard InChI is InChI=1S/C19H25N3O3S/c1-14-5-7-18(8-6-14)26(24,25)22-11-9-17(13-22)19(23)21-10-3-4-16(12-21)15(2)20/h5-9,11,13,15-16H,3-4,10,12,20H2,1-2H3. The molecule has 140 valence electrons. The molecule has 2 unspecified atom stereocenters. The Morgan fingerprint density at radius 3 is 2.58 bits per heavy atom. The first-order valence-electron chi connectivity index (χ1n) is 8.84. The van der Waals surface area contributed by atoms with Crippen molar-refractivity contribution < 1.29 is 13.2 Å². The number of hydrogen-bond acceptors (Lipinski definition) is 4. The number of piperidine rings is 1. The van der Waals surface area contributed by atoms with Gasteiger partial charge in [-0.25, -0.2) is 12.4 Å². The Balaban J connectivity index is 1.81. The zero-order valence-electron chi connectivity index (χ0n) is 15.1. The molecule has 2 N–H and O–H groups in total. The number of aryl methyl sites for hydroxylation is 1. The molecule has 2 aromatic rings. The Morgan fingerprint density at radius 1 is 1.23 bits per heavy atom. The smallest absolute Gasteiger partial charge is 0.267 e. The summed E-state index contributed by atoms with van der Waals surface area (Å²) in [6.45, 7) is 5.16. The number of rotatable bonds is 4. The largest absolute Gasteiger partial charge is 0.338 e. The molecular formula is C19H25N3O3S. The van der Waals surface area contributed by atoms with Crippen molar-refractivity contribution in [1.29, 1.82) is 0 Å². The van der Waals surface area contributed by atoms with Gasteiger partial charge in [-0.05, 0) is 50.8 Å². The van der Waals surface area contributed by atoms with Gasteiger partial charge in [0.15, 0.2) is 0 Å². The van der Waals surface area contributed by atoms with E-state index in [2.05, 4.69) is 0 Å². The average Bonchev–Trinajstić information content (AvgIpc) is 3.12. The minimum atomic E-state index is -3.70. The first kappa shape index (κ1) is 18.7. The zero-order valence-corrected chi connectivity index (χ0v) is 15.9. The van der Waals surface area contributed by atoms with Crippen molar-refractivity contribution in [2.24, 2.45) is 11.7 Å². The summed E-state index contributed by atoms with van der Waals surface area (Å²) in [7, 11) is -3.70. The molecule has 2 heterocycles. The molecule has 7 heteroatoms. The van der Waals surface area contributed by atoms with Crippen molar-refractivity contribution >= 4 is 15.9 Å². The van der Waals surface area contributed by atoms with E-state index in [1.54, 1.807) is 35.2 Å². The first-order chi connectivity index (χ1) is 12.3. The van der Waals surface area contributed by atoms with Crippen LogP contribution in [0, 0.1) is 12.8 Å². The summed E-state index contributed by atoms with van der Waals surface area (Å²) in [6, 6.07) is 8.25. The van der Waals surface area contributed by atoms with Gasteiger partial charge in [0.25, 0.3) is 15.9 Å². The van der Waals surface area contributed by atoms with Crippen LogP contribution in [0.2, 0.25) is 0 Å². The van der Waals surface area contributed by atoms with Crippen LogP contribution in [0.3, 0.4) is 0 Å². The summed E-state index contributed by atoms with van der Waals surface area (Å²) >= 11 is 0. The summed E-state index contributed by atoms with van der Waals surface area (Å²) in [4.78, 5) is 14.7. The number of benzene rings is 1. The van der Waals surface area contributed by atoms with E-state index in [1.807, 2.05) is 13.8 Å². The van der Waals surface area contributed by atoms with Gasteiger partial charge in [0.2, 0.25) is 0 Å². The number of nitrogens with two attached hydrogens (primary N) is 1. The second-order valence-corrected chi connectivity index (χ2v) is 8.90. The molecule has 6 nitrogen and oxygen atoms in total. The van der Waals surface area contributed by atoms with Gasteiger partial charge >= 0.3 is 0 Å². The van der Waals surface area contributed by atoms with Gasteiger partial charge in [-0.2, -0.15) is 0 Å². The van der Waals surface area contributed by atoms with Gasteiger partial charge < -0.3 is 10.6 Å². The average molecular weight is 375 g/mol. The van der Waals surface area contributed by atoms with Crippen molar-refractivity contribution in [2.45, 2.75) is 37.6 Å². The van der Waals surface area contributed by atoms with Crippen molar-refractivity contribution in [1.82, 2.24) is 8.87 Å². The fourth-order valence-corrected chi connectivity index (χ4v) is 4.49. The molecule has 3 rings (SSSR count). The molecule has 26 heavy (non-hydrogen) atoms. The Morgan fingerprint density at radius 2 is 1.92 bits per heavy atom. The molecule has 1 aromatic carbocycles. The van der Waals surface area contributed by atoms with E-state index >= 15 is 0 Å². The normalized spacial score (nSPS) is 19.3. The number of aromatic nitrogens is 1. The number of likely N-dealkylation sites (tertiary alicyclic amines) is 1. The predicted molar refractivity (Wildman–Crippen MR) is 100 cm³/mol. The highest BCUT2D eigenvalue weighted by atomic mass is 32.2. The molecule has 0 aliphatic carbocycles. The number of amides is 1. The van der Waals surface area contributed by atoms with Gasteiger partial charge in [0.05, 0.1) is 10.5 Å². The highest BCUT2D eigenvalue weighted by Gasteiger charge is 2.27. The highest BCUT2D eigenvalue weighted by Crippen LogP contribution is 2.22. The maximum Gasteiger partial charge on any atom is 0.267 e. The molecule has 1 saturated heterocycles. The van der Waals surface area contributed by atoms with Crippen LogP contribution in [0.15, 0.2) is 47.6 Å². The molecule has 1 aliphatic heterocycles. The number of nitrogens with zero attached hydrogens (tertiary/aromatic N) is 2. The maximum atomic E-state index is 12.8. The predicted octanol–water partition coefficient (Wildman–Crippen LogP) is 2.23. The Bertz CT molecular complexity index is 885. The van der Waals surface area contributed by atoms with E-state index in [-0.39, 0.29) is 22.8 Å². The monoisotopic (exact) mass is 375 g/mol. The Hall–Kier alpha value is -2.12. The lowest BCUT2D eigenvalue weighted by molar-refractivity contribution is 0.0661. The topological polar surface area (TPSA) is 85.4 Å². The van der Waals surface area contributed by atoms with Gasteiger partial charge in [-0.3, -0.25) is 4.79 Å². The van der Waals surface area contributed by atoms with Crippen molar-refractivity contribution in [3.8, 4) is 0 Å². The van der Waals surface area contributed by atoms with Gasteiger partial charge in [-0.15, -0.1) is 0 Å². The molecule has 0 spiro atoms. The third-order valence-electron chi connectivity index (χ3n) is 5.00. The van der Waals surface area contributed by atoms with E-state index in [0.29, 0.717) is 18.7 Å². The summed E-state index contributed by atoms with van der Waals surface area (Å²) in [5.41, 5.74) is 7.35. The van der Waals surface area contributed by atoms with Crippen LogP contribution >= 0.6 is 0 Å². The molecule has 1 aliphatic rings. The van der Waals surface area contributed by atoms with Crippen LogP contribution in [-0.2, 0) is 10.0 Å². The van der Waals surface area contributed by atoms with Crippen molar-refractivity contribution in [2.75, 3.05) is 13.1 Å². The van der Waals surface area contributed by atoms with Crippen LogP contribution in [0.25, 0.3) is 0 Å². The van der Waals surface area contributed by atoms with E-state index in [9.17, 15) is 13.2 Å². The first-order valence-corrected chi connectivity index (χ1v) is 10.3. The molecule has 1 amide bonds. The van der Waals surface area contributed by atoms with Crippen molar-refractivity contribution in [3.05, 3.63) is 53.9 Å². The van der Waals surface area contributed by atoms with E-state index < -0.39 is 10.0 Å². The zero-order chi connectivity index (χ0) is 18.9. The molecular weight excluding hydrogens is 350 g/mol. The molecule has 1 aromatic heterocycles. The summed E-state index contributed by atoms with van der Waals surface area (Å²) in [5.74, 6) is 0.138. The van der Waals surface area contributed by atoms with Crippen LogP contribution < -0.4 is 5.73 Å². The van der Waals surface area contributed by atoms with Gasteiger partial charge in [0, 0.05) is 31.5 Å². The quantitative estimate of drug-likeness (QED) is 0.888. The lowest BCUT2D eigenvalue weighted by atomic mass is 9.92. The van der Waals surface area contributed by atoms with Crippen LogP contribution in [0.5, 0.6) is 0 Å². The maximum absolute atomic E-state index is 12.8. The third kappa shape index (κ3) is 3.68. The van der Waals surface area contributed by atoms with Gasteiger partial charge in [-0.1, -0.05) is 17.7 Å². The summed E-state index contributed by atoms with van der Waals surface area (Å²) in [5, 5.41) is 0. The number of hydrogen-bond donors (Lipinski definition) is 1. The van der Waals surface area contributed by atoms with E-state index in [1.165, 1.54) is 12.4 Å². The lowest BCUT2D eigenvalue weighted by Gasteiger charge is -2.34. The van der Waals surface area contributed by atoms with Crippen LogP contribution in [0.4, 0.5) is 0 Å². The fraction of sp³-hybridized carbons (Fsp3) is 0.421. The van der Waals surface area contributed by atoms with E-state index in [0.717, 1.165) is 22.4 Å². The molecule has 0 radical (unpaired) electrons. The lowest BCUT2D eigenvalue weighted by Crippen LogP contribution is -2.45. The minimum Gasteiger partial charge on any atom is -0.338 e. The highest BCUT2D eigenvalue weighted by molar-refractivity contribution is 7.90. The van der Waals surface area contributed by atoms with Gasteiger partial charge in [0.1, 0.15) is 0 Å². The van der Waals surface area contributed by atoms with Crippen LogP contribution in [-0.4, -0.2) is 42.3 Å². The van der Waals surface area contributed by atoms with Crippen LogP contribution in [0.1, 0.15) is 35.7 Å². The Labute approximate surface area is 154 Å². The SMILES string of the molecule is Cc1ccc(S(=O)(=O)n2ccc(C(=O)N3CCCC(C(C)N)C3)c2)cc1. The summed E-state index contributed by atoms with van der Waals surface area (Å²) in [6.07, 6.45) is 4.76.